The Balaban J connectivity index is 1.23. The van der Waals surface area contributed by atoms with Gasteiger partial charge in [-0.2, -0.15) is 0 Å². The van der Waals surface area contributed by atoms with Gasteiger partial charge in [-0.05, 0) is 30.6 Å². The van der Waals surface area contributed by atoms with E-state index in [9.17, 15) is 18.4 Å². The molecule has 0 bridgehead atoms. The molecule has 2 saturated heterocycles. The minimum atomic E-state index is -0.705. The first-order chi connectivity index (χ1) is 13.9. The lowest BCUT2D eigenvalue weighted by Gasteiger charge is -2.24. The number of hydrogen-bond acceptors (Lipinski definition) is 5. The number of carbonyl (C=O) groups is 2. The maximum atomic E-state index is 14.7. The van der Waals surface area contributed by atoms with Crippen LogP contribution in [0.4, 0.5) is 25.0 Å². The molecule has 4 aliphatic rings. The van der Waals surface area contributed by atoms with Crippen LogP contribution in [0.15, 0.2) is 12.1 Å². The first-order valence-corrected chi connectivity index (χ1v) is 10.1. The number of halogens is 2. The van der Waals surface area contributed by atoms with E-state index >= 15 is 0 Å². The molecule has 7 nitrogen and oxygen atoms in total. The third kappa shape index (κ3) is 3.52. The van der Waals surface area contributed by atoms with Crippen LogP contribution in [0.1, 0.15) is 19.3 Å². The Bertz CT molecular complexity index is 827. The maximum Gasteiger partial charge on any atom is 0.414 e. The predicted molar refractivity (Wildman–Crippen MR) is 101 cm³/mol. The Morgan fingerprint density at radius 3 is 2.45 bits per heavy atom. The normalized spacial score (nSPS) is 30.4. The lowest BCUT2D eigenvalue weighted by molar-refractivity contribution is -0.121. The van der Waals surface area contributed by atoms with Crippen molar-refractivity contribution in [1.29, 1.82) is 0 Å². The molecule has 0 radical (unpaired) electrons. The molecule has 0 spiro atoms. The van der Waals surface area contributed by atoms with Gasteiger partial charge in [0.15, 0.2) is 11.6 Å². The Morgan fingerprint density at radius 1 is 1.17 bits per heavy atom. The van der Waals surface area contributed by atoms with Crippen molar-refractivity contribution in [3.63, 3.8) is 0 Å². The molecule has 1 aromatic carbocycles. The second-order valence-corrected chi connectivity index (χ2v) is 8.64. The van der Waals surface area contributed by atoms with Gasteiger partial charge < -0.3 is 20.7 Å². The summed E-state index contributed by atoms with van der Waals surface area (Å²) >= 11 is 0. The fourth-order valence-electron chi connectivity index (χ4n) is 4.49. The molecule has 2 saturated carbocycles. The molecule has 5 rings (SSSR count). The van der Waals surface area contributed by atoms with E-state index in [-0.39, 0.29) is 36.4 Å². The minimum absolute atomic E-state index is 0.0631. The van der Waals surface area contributed by atoms with Crippen LogP contribution in [0.25, 0.3) is 0 Å². The van der Waals surface area contributed by atoms with E-state index in [4.69, 9.17) is 10.5 Å². The van der Waals surface area contributed by atoms with E-state index in [0.717, 1.165) is 25.0 Å². The Kier molecular flexibility index (Phi) is 4.38. The van der Waals surface area contributed by atoms with Crippen LogP contribution in [0.2, 0.25) is 0 Å². The molecule has 2 aliphatic carbocycles. The molecule has 4 fully saturated rings. The van der Waals surface area contributed by atoms with Crippen molar-refractivity contribution in [3.8, 4) is 0 Å². The van der Waals surface area contributed by atoms with Gasteiger partial charge in [0.1, 0.15) is 11.8 Å². The molecule has 1 aromatic rings. The Hall–Kier alpha value is -2.42. The average Bonchev–Trinajstić information content (AvgIpc) is 3.47. The van der Waals surface area contributed by atoms with Crippen LogP contribution in [0.3, 0.4) is 0 Å². The minimum Gasteiger partial charge on any atom is -0.442 e. The van der Waals surface area contributed by atoms with E-state index in [0.29, 0.717) is 37.3 Å². The summed E-state index contributed by atoms with van der Waals surface area (Å²) in [4.78, 5) is 26.9. The van der Waals surface area contributed by atoms with Gasteiger partial charge in [0.25, 0.3) is 0 Å². The topological polar surface area (TPSA) is 87.9 Å². The van der Waals surface area contributed by atoms with Crippen molar-refractivity contribution in [1.82, 2.24) is 5.32 Å². The third-order valence-electron chi connectivity index (χ3n) is 6.46. The zero-order valence-corrected chi connectivity index (χ0v) is 15.9. The SMILES string of the molecule is NC1[C@H]2CN(c3c(F)cc(N4C[C@H](CNC(=O)CC5CC5)OC4=O)cc3F)C[C@@H]12. The monoisotopic (exact) mass is 406 g/mol. The highest BCUT2D eigenvalue weighted by Crippen LogP contribution is 2.46. The molecule has 3 N–H and O–H groups in total. The van der Waals surface area contributed by atoms with E-state index < -0.39 is 23.8 Å². The smallest absolute Gasteiger partial charge is 0.414 e. The molecule has 1 unspecified atom stereocenters. The number of ether oxygens (including phenoxy) is 1. The lowest BCUT2D eigenvalue weighted by atomic mass is 10.2. The van der Waals surface area contributed by atoms with Gasteiger partial charge in [0, 0.05) is 37.7 Å². The van der Waals surface area contributed by atoms with Crippen molar-refractivity contribution in [2.24, 2.45) is 23.5 Å². The summed E-state index contributed by atoms with van der Waals surface area (Å²) in [5.74, 6) is -0.394. The van der Waals surface area contributed by atoms with Crippen LogP contribution in [0, 0.1) is 29.4 Å². The number of anilines is 2. The summed E-state index contributed by atoms with van der Waals surface area (Å²) in [7, 11) is 0. The highest BCUT2D eigenvalue weighted by molar-refractivity contribution is 5.90. The van der Waals surface area contributed by atoms with Gasteiger partial charge in [-0.1, -0.05) is 0 Å². The van der Waals surface area contributed by atoms with Crippen LogP contribution in [-0.2, 0) is 9.53 Å². The predicted octanol–water partition coefficient (Wildman–Crippen LogP) is 1.60. The standard InChI is InChI=1S/C20H24F2N4O3/c21-15-4-11(5-16(22)19(15)25-8-13-14(9-25)18(13)23)26-7-12(29-20(26)28)6-24-17(27)3-10-1-2-10/h4-5,10,12-14,18H,1-3,6-9,23H2,(H,24,27)/t12-,13-,14+,18?/m0/s1. The Morgan fingerprint density at radius 2 is 1.83 bits per heavy atom. The van der Waals surface area contributed by atoms with Gasteiger partial charge in [0.05, 0.1) is 18.8 Å². The van der Waals surface area contributed by atoms with Crippen molar-refractivity contribution in [2.75, 3.05) is 36.0 Å². The number of fused-ring (bicyclic) bond motifs is 1. The second kappa shape index (κ2) is 6.83. The number of amides is 2. The molecule has 2 aliphatic heterocycles. The number of nitrogens with two attached hydrogens (primary N) is 1. The van der Waals surface area contributed by atoms with Gasteiger partial charge in [0.2, 0.25) is 5.91 Å². The summed E-state index contributed by atoms with van der Waals surface area (Å²) in [6, 6.07) is 2.47. The van der Waals surface area contributed by atoms with Crippen LogP contribution < -0.4 is 20.9 Å². The summed E-state index contributed by atoms with van der Waals surface area (Å²) in [6.45, 7) is 1.41. The number of carbonyl (C=O) groups excluding carboxylic acids is 2. The summed E-state index contributed by atoms with van der Waals surface area (Å²) in [6.07, 6.45) is 1.43. The highest BCUT2D eigenvalue weighted by atomic mass is 19.1. The second-order valence-electron chi connectivity index (χ2n) is 8.64. The summed E-state index contributed by atoms with van der Waals surface area (Å²) in [5, 5.41) is 2.76. The van der Waals surface area contributed by atoms with Crippen LogP contribution in [0.5, 0.6) is 0 Å². The van der Waals surface area contributed by atoms with Crippen LogP contribution >= 0.6 is 0 Å². The number of nitrogens with zero attached hydrogens (tertiary/aromatic N) is 2. The van der Waals surface area contributed by atoms with E-state index in [1.165, 1.54) is 4.90 Å². The molecular formula is C20H24F2N4O3. The van der Waals surface area contributed by atoms with Gasteiger partial charge in [-0.25, -0.2) is 13.6 Å². The first kappa shape index (κ1) is 18.6. The number of nitrogens with one attached hydrogen (secondary N) is 1. The van der Waals surface area contributed by atoms with E-state index in [1.807, 2.05) is 0 Å². The fraction of sp³-hybridized carbons (Fsp3) is 0.600. The Labute approximate surface area is 167 Å². The molecule has 29 heavy (non-hydrogen) atoms. The maximum absolute atomic E-state index is 14.7. The van der Waals surface area contributed by atoms with Crippen molar-refractivity contribution in [3.05, 3.63) is 23.8 Å². The van der Waals surface area contributed by atoms with Crippen molar-refractivity contribution < 1.29 is 23.1 Å². The quantitative estimate of drug-likeness (QED) is 0.749. The van der Waals surface area contributed by atoms with Crippen LogP contribution in [-0.4, -0.2) is 50.3 Å². The average molecular weight is 406 g/mol. The number of benzene rings is 1. The lowest BCUT2D eigenvalue weighted by Crippen LogP contribution is -2.34. The zero-order chi connectivity index (χ0) is 20.3. The number of hydrogen-bond donors (Lipinski definition) is 2. The first-order valence-electron chi connectivity index (χ1n) is 10.1. The molecule has 4 atom stereocenters. The van der Waals surface area contributed by atoms with E-state index in [2.05, 4.69) is 5.32 Å². The number of piperidine rings is 1. The summed E-state index contributed by atoms with van der Waals surface area (Å²) < 4.78 is 34.7. The molecule has 2 amide bonds. The summed E-state index contributed by atoms with van der Waals surface area (Å²) in [5.41, 5.74) is 5.94. The largest absolute Gasteiger partial charge is 0.442 e. The van der Waals surface area contributed by atoms with Crippen molar-refractivity contribution in [2.45, 2.75) is 31.4 Å². The third-order valence-corrected chi connectivity index (χ3v) is 6.46. The molecule has 0 aromatic heterocycles. The van der Waals surface area contributed by atoms with E-state index in [1.54, 1.807) is 4.90 Å². The van der Waals surface area contributed by atoms with Gasteiger partial charge in [-0.15, -0.1) is 0 Å². The van der Waals surface area contributed by atoms with Gasteiger partial charge in [-0.3, -0.25) is 9.69 Å². The molecular weight excluding hydrogens is 382 g/mol. The molecule has 9 heteroatoms. The molecule has 2 heterocycles. The molecule has 156 valence electrons. The zero-order valence-electron chi connectivity index (χ0n) is 15.9. The number of cyclic esters (lactones) is 1. The van der Waals surface area contributed by atoms with Gasteiger partial charge >= 0.3 is 6.09 Å². The number of rotatable bonds is 6. The fourth-order valence-corrected chi connectivity index (χ4v) is 4.49. The van der Waals surface area contributed by atoms with Crippen molar-refractivity contribution >= 4 is 23.4 Å². The highest BCUT2D eigenvalue weighted by Gasteiger charge is 2.54.